The molecule has 0 saturated heterocycles. The molecule has 220 valence electrons. The number of aliphatic hydroxyl groups excluding tert-OH is 1. The summed E-state index contributed by atoms with van der Waals surface area (Å²) in [5.74, 6) is -2.26. The zero-order chi connectivity index (χ0) is 30.2. The zero-order valence-corrected chi connectivity index (χ0v) is 24.2. The molecule has 0 radical (unpaired) electrons. The minimum Gasteiger partial charge on any atom is -0.390 e. The summed E-state index contributed by atoms with van der Waals surface area (Å²) >= 11 is 0. The van der Waals surface area contributed by atoms with Gasteiger partial charge in [-0.2, -0.15) is 4.31 Å². The van der Waals surface area contributed by atoms with Crippen LogP contribution in [0, 0.1) is 5.92 Å². The van der Waals surface area contributed by atoms with Gasteiger partial charge in [-0.3, -0.25) is 14.4 Å². The summed E-state index contributed by atoms with van der Waals surface area (Å²) in [6, 6.07) is 17.2. The minimum absolute atomic E-state index is 0.00188. The van der Waals surface area contributed by atoms with Crippen molar-refractivity contribution in [3.8, 4) is 0 Å². The van der Waals surface area contributed by atoms with Crippen molar-refractivity contribution < 1.29 is 27.9 Å². The number of nitrogens with one attached hydrogen (secondary N) is 2. The largest absolute Gasteiger partial charge is 0.390 e. The molecule has 3 amide bonds. The first-order chi connectivity index (χ1) is 19.3. The molecule has 0 aliphatic heterocycles. The van der Waals surface area contributed by atoms with Crippen LogP contribution in [0.15, 0.2) is 66.7 Å². The van der Waals surface area contributed by atoms with Crippen molar-refractivity contribution in [2.24, 2.45) is 11.7 Å². The second-order valence-corrected chi connectivity index (χ2v) is 12.4. The summed E-state index contributed by atoms with van der Waals surface area (Å²) in [4.78, 5) is 42.6. The Labute approximate surface area is 240 Å². The maximum atomic E-state index is 13.4. The smallest absolute Gasteiger partial charge is 0.270 e. The molecule has 0 spiro atoms. The SMILES string of the molecule is CC(C)CN(C[C@@H](O)[C@H](Cc1ccccc1)NC(=O)[C@H](CC(N)=O)NC(=O)c1ccc2ccccc2n1)S(C)(=O)=O. The van der Waals surface area contributed by atoms with Crippen molar-refractivity contribution in [3.05, 3.63) is 78.0 Å². The molecule has 2 aromatic carbocycles. The molecule has 3 rings (SSSR count). The number of nitrogens with zero attached hydrogens (tertiary/aromatic N) is 2. The number of rotatable bonds is 14. The van der Waals surface area contributed by atoms with Gasteiger partial charge in [-0.25, -0.2) is 13.4 Å². The zero-order valence-electron chi connectivity index (χ0n) is 23.4. The van der Waals surface area contributed by atoms with Crippen molar-refractivity contribution >= 4 is 38.6 Å². The van der Waals surface area contributed by atoms with E-state index in [-0.39, 0.29) is 31.1 Å². The van der Waals surface area contributed by atoms with Gasteiger partial charge < -0.3 is 21.5 Å². The number of carbonyl (C=O) groups is 3. The maximum absolute atomic E-state index is 13.4. The first-order valence-corrected chi connectivity index (χ1v) is 15.1. The number of sulfonamides is 1. The molecule has 0 saturated carbocycles. The highest BCUT2D eigenvalue weighted by Crippen LogP contribution is 2.14. The van der Waals surface area contributed by atoms with E-state index in [1.54, 1.807) is 30.3 Å². The van der Waals surface area contributed by atoms with Crippen LogP contribution in [0.2, 0.25) is 0 Å². The number of para-hydroxylation sites is 1. The van der Waals surface area contributed by atoms with Gasteiger partial charge in [0.2, 0.25) is 21.8 Å². The fourth-order valence-electron chi connectivity index (χ4n) is 4.36. The number of carbonyl (C=O) groups excluding carboxylic acids is 3. The topological polar surface area (TPSA) is 172 Å². The number of pyridine rings is 1. The number of nitrogens with two attached hydrogens (primary N) is 1. The Morgan fingerprint density at radius 3 is 2.24 bits per heavy atom. The third-order valence-corrected chi connectivity index (χ3v) is 7.61. The second-order valence-electron chi connectivity index (χ2n) is 10.4. The number of amides is 3. The summed E-state index contributed by atoms with van der Waals surface area (Å²) in [5, 5.41) is 17.2. The molecule has 0 aliphatic carbocycles. The van der Waals surface area contributed by atoms with Gasteiger partial charge in [0.15, 0.2) is 0 Å². The Bertz CT molecular complexity index is 1460. The van der Waals surface area contributed by atoms with Crippen LogP contribution in [-0.4, -0.2) is 78.1 Å². The van der Waals surface area contributed by atoms with Crippen molar-refractivity contribution in [2.75, 3.05) is 19.3 Å². The van der Waals surface area contributed by atoms with E-state index in [2.05, 4.69) is 15.6 Å². The molecule has 12 heteroatoms. The Morgan fingerprint density at radius 1 is 0.951 bits per heavy atom. The average molecular weight is 584 g/mol. The van der Waals surface area contributed by atoms with E-state index in [0.717, 1.165) is 17.2 Å². The van der Waals surface area contributed by atoms with Gasteiger partial charge in [-0.05, 0) is 30.0 Å². The van der Waals surface area contributed by atoms with Crippen LogP contribution in [0.1, 0.15) is 36.3 Å². The van der Waals surface area contributed by atoms with E-state index in [1.807, 2.05) is 44.2 Å². The third-order valence-electron chi connectivity index (χ3n) is 6.38. The van der Waals surface area contributed by atoms with Gasteiger partial charge >= 0.3 is 0 Å². The third kappa shape index (κ3) is 9.62. The molecule has 1 heterocycles. The number of benzene rings is 2. The van der Waals surface area contributed by atoms with Crippen molar-refractivity contribution in [2.45, 2.75) is 44.9 Å². The Hall–Kier alpha value is -3.87. The molecule has 1 aromatic heterocycles. The van der Waals surface area contributed by atoms with Gasteiger partial charge in [0, 0.05) is 18.5 Å². The van der Waals surface area contributed by atoms with Crippen LogP contribution < -0.4 is 16.4 Å². The molecule has 3 atom stereocenters. The van der Waals surface area contributed by atoms with E-state index in [9.17, 15) is 27.9 Å². The number of aromatic nitrogens is 1. The van der Waals surface area contributed by atoms with Gasteiger partial charge in [0.25, 0.3) is 5.91 Å². The molecule has 3 aromatic rings. The molecular weight excluding hydrogens is 546 g/mol. The summed E-state index contributed by atoms with van der Waals surface area (Å²) < 4.78 is 26.0. The summed E-state index contributed by atoms with van der Waals surface area (Å²) in [6.07, 6.45) is -0.579. The standard InChI is InChI=1S/C29H37N5O6S/c1-19(2)17-34(41(3,39)40)18-26(35)24(15-20-9-5-4-6-10-20)32-29(38)25(16-27(30)36)33-28(37)23-14-13-21-11-7-8-12-22(21)31-23/h4-14,19,24-26,35H,15-18H2,1-3H3,(H2,30,36)(H,32,38)(H,33,37)/t24-,25-,26+/m0/s1. The van der Waals surface area contributed by atoms with Gasteiger partial charge in [0.05, 0.1) is 30.3 Å². The van der Waals surface area contributed by atoms with Crippen LogP contribution in [-0.2, 0) is 26.0 Å². The van der Waals surface area contributed by atoms with E-state index < -0.39 is 52.4 Å². The van der Waals surface area contributed by atoms with E-state index >= 15 is 0 Å². The fourth-order valence-corrected chi connectivity index (χ4v) is 5.35. The minimum atomic E-state index is -3.65. The highest BCUT2D eigenvalue weighted by Gasteiger charge is 2.31. The Kier molecular flexibility index (Phi) is 10.9. The van der Waals surface area contributed by atoms with Crippen molar-refractivity contribution in [1.82, 2.24) is 19.9 Å². The number of hydrogen-bond acceptors (Lipinski definition) is 7. The number of hydrogen-bond donors (Lipinski definition) is 4. The van der Waals surface area contributed by atoms with Crippen LogP contribution in [0.25, 0.3) is 10.9 Å². The van der Waals surface area contributed by atoms with Crippen LogP contribution in [0.5, 0.6) is 0 Å². The molecule has 0 fully saturated rings. The predicted molar refractivity (Wildman–Crippen MR) is 156 cm³/mol. The molecule has 0 bridgehead atoms. The highest BCUT2D eigenvalue weighted by molar-refractivity contribution is 7.88. The van der Waals surface area contributed by atoms with Crippen LogP contribution in [0.3, 0.4) is 0 Å². The monoisotopic (exact) mass is 583 g/mol. The lowest BCUT2D eigenvalue weighted by molar-refractivity contribution is -0.128. The molecule has 5 N–H and O–H groups in total. The molecule has 0 aliphatic rings. The maximum Gasteiger partial charge on any atom is 0.270 e. The highest BCUT2D eigenvalue weighted by atomic mass is 32.2. The summed E-state index contributed by atoms with van der Waals surface area (Å²) in [6.45, 7) is 3.63. The number of primary amides is 1. The average Bonchev–Trinajstić information content (AvgIpc) is 2.91. The first kappa shape index (κ1) is 31.7. The van der Waals surface area contributed by atoms with Crippen molar-refractivity contribution in [3.63, 3.8) is 0 Å². The molecular formula is C29H37N5O6S. The van der Waals surface area contributed by atoms with Gasteiger partial charge in [-0.15, -0.1) is 0 Å². The van der Waals surface area contributed by atoms with Crippen LogP contribution >= 0.6 is 0 Å². The van der Waals surface area contributed by atoms with Gasteiger partial charge in [-0.1, -0.05) is 68.4 Å². The van der Waals surface area contributed by atoms with Gasteiger partial charge in [0.1, 0.15) is 11.7 Å². The fraction of sp³-hybridized carbons (Fsp3) is 0.379. The lowest BCUT2D eigenvalue weighted by Crippen LogP contribution is -2.56. The Balaban J connectivity index is 1.83. The van der Waals surface area contributed by atoms with Crippen LogP contribution in [0.4, 0.5) is 0 Å². The first-order valence-electron chi connectivity index (χ1n) is 13.3. The van der Waals surface area contributed by atoms with E-state index in [4.69, 9.17) is 5.73 Å². The summed E-state index contributed by atoms with van der Waals surface area (Å²) in [7, 11) is -3.65. The lowest BCUT2D eigenvalue weighted by Gasteiger charge is -2.31. The normalized spacial score (nSPS) is 14.0. The van der Waals surface area contributed by atoms with Crippen molar-refractivity contribution in [1.29, 1.82) is 0 Å². The van der Waals surface area contributed by atoms with E-state index in [0.29, 0.717) is 5.52 Å². The van der Waals surface area contributed by atoms with E-state index in [1.165, 1.54) is 10.4 Å². The summed E-state index contributed by atoms with van der Waals surface area (Å²) in [5.41, 5.74) is 6.79. The number of fused-ring (bicyclic) bond motifs is 1. The number of aliphatic hydroxyl groups is 1. The molecule has 41 heavy (non-hydrogen) atoms. The predicted octanol–water partition coefficient (Wildman–Crippen LogP) is 1.21. The quantitative estimate of drug-likeness (QED) is 0.221. The lowest BCUT2D eigenvalue weighted by atomic mass is 10.00. The second kappa shape index (κ2) is 14.2. The Morgan fingerprint density at radius 2 is 1.61 bits per heavy atom. The molecule has 11 nitrogen and oxygen atoms in total. The molecule has 0 unspecified atom stereocenters.